The molecule has 0 spiro atoms. The summed E-state index contributed by atoms with van der Waals surface area (Å²) in [6.45, 7) is 5.83. The number of aliphatic hydroxyl groups is 1. The molecule has 3 N–H and O–H groups in total. The number of carbonyl (C=O) groups excluding carboxylic acids is 1. The van der Waals surface area contributed by atoms with Crippen molar-refractivity contribution in [3.05, 3.63) is 47.0 Å². The van der Waals surface area contributed by atoms with Crippen molar-refractivity contribution < 1.29 is 14.6 Å². The Labute approximate surface area is 147 Å². The molecule has 0 bridgehead atoms. The van der Waals surface area contributed by atoms with Gasteiger partial charge < -0.3 is 20.6 Å². The first kappa shape index (κ1) is 18.6. The highest BCUT2D eigenvalue weighted by molar-refractivity contribution is 6.02. The standard InChI is InChI=1S/C19H23N3O3/c1-4-25-19(24)15-9-17(14-7-5-6-13(8-14)11-23)22-18(16(15)10-20)21-12(2)3/h5-10,12,20,23H,4,11H2,1-3H3,(H,21,22). The first-order valence-corrected chi connectivity index (χ1v) is 8.19. The van der Waals surface area contributed by atoms with Crippen molar-refractivity contribution in [2.45, 2.75) is 33.4 Å². The summed E-state index contributed by atoms with van der Waals surface area (Å²) in [5.41, 5.74) is 2.80. The van der Waals surface area contributed by atoms with Crippen molar-refractivity contribution in [2.75, 3.05) is 11.9 Å². The number of esters is 1. The van der Waals surface area contributed by atoms with Gasteiger partial charge in [-0.3, -0.25) is 0 Å². The van der Waals surface area contributed by atoms with Crippen LogP contribution >= 0.6 is 0 Å². The summed E-state index contributed by atoms with van der Waals surface area (Å²) < 4.78 is 5.13. The highest BCUT2D eigenvalue weighted by Gasteiger charge is 2.19. The maximum atomic E-state index is 12.3. The molecule has 132 valence electrons. The van der Waals surface area contributed by atoms with Crippen LogP contribution < -0.4 is 5.32 Å². The Balaban J connectivity index is 2.65. The summed E-state index contributed by atoms with van der Waals surface area (Å²) in [4.78, 5) is 16.9. The van der Waals surface area contributed by atoms with Gasteiger partial charge in [0.1, 0.15) is 5.82 Å². The lowest BCUT2D eigenvalue weighted by molar-refractivity contribution is 0.0526. The van der Waals surface area contributed by atoms with E-state index in [4.69, 9.17) is 10.1 Å². The molecule has 25 heavy (non-hydrogen) atoms. The maximum absolute atomic E-state index is 12.3. The molecular formula is C19H23N3O3. The molecule has 0 saturated heterocycles. The van der Waals surface area contributed by atoms with E-state index in [0.717, 1.165) is 17.3 Å². The average molecular weight is 341 g/mol. The number of hydrogen-bond donors (Lipinski definition) is 3. The van der Waals surface area contributed by atoms with Gasteiger partial charge >= 0.3 is 5.97 Å². The van der Waals surface area contributed by atoms with Crippen molar-refractivity contribution >= 4 is 18.0 Å². The number of nitrogens with one attached hydrogen (secondary N) is 2. The molecular weight excluding hydrogens is 318 g/mol. The van der Waals surface area contributed by atoms with Crippen LogP contribution in [0.3, 0.4) is 0 Å². The second-order valence-corrected chi connectivity index (χ2v) is 5.84. The largest absolute Gasteiger partial charge is 0.462 e. The molecule has 0 aliphatic rings. The van der Waals surface area contributed by atoms with E-state index >= 15 is 0 Å². The fourth-order valence-electron chi connectivity index (χ4n) is 2.44. The van der Waals surface area contributed by atoms with Crippen LogP contribution in [0.25, 0.3) is 11.3 Å². The van der Waals surface area contributed by atoms with E-state index < -0.39 is 5.97 Å². The Hall–Kier alpha value is -2.73. The average Bonchev–Trinajstić information content (AvgIpc) is 2.60. The molecule has 0 unspecified atom stereocenters. The van der Waals surface area contributed by atoms with Crippen LogP contribution in [-0.4, -0.2) is 34.9 Å². The molecule has 1 aromatic carbocycles. The number of aromatic nitrogens is 1. The summed E-state index contributed by atoms with van der Waals surface area (Å²) in [7, 11) is 0. The first-order chi connectivity index (χ1) is 12.0. The van der Waals surface area contributed by atoms with E-state index in [1.165, 1.54) is 0 Å². The fraction of sp³-hybridized carbons (Fsp3) is 0.316. The van der Waals surface area contributed by atoms with Crippen molar-refractivity contribution in [3.63, 3.8) is 0 Å². The molecule has 2 rings (SSSR count). The van der Waals surface area contributed by atoms with Crippen LogP contribution in [0.1, 0.15) is 42.3 Å². The number of benzene rings is 1. The SMILES string of the molecule is CCOC(=O)c1cc(-c2cccc(CO)c2)nc(NC(C)C)c1C=N. The molecule has 2 aromatic rings. The number of rotatable bonds is 7. The third-order valence-electron chi connectivity index (χ3n) is 3.53. The predicted octanol–water partition coefficient (Wildman–Crippen LogP) is 3.24. The van der Waals surface area contributed by atoms with Crippen molar-refractivity contribution in [3.8, 4) is 11.3 Å². The third-order valence-corrected chi connectivity index (χ3v) is 3.53. The third kappa shape index (κ3) is 4.42. The number of ether oxygens (including phenoxy) is 1. The summed E-state index contributed by atoms with van der Waals surface area (Å²) >= 11 is 0. The second-order valence-electron chi connectivity index (χ2n) is 5.84. The second kappa shape index (κ2) is 8.39. The Morgan fingerprint density at radius 2 is 2.16 bits per heavy atom. The van der Waals surface area contributed by atoms with Gasteiger partial charge in [-0.25, -0.2) is 9.78 Å². The molecule has 0 aliphatic heterocycles. The summed E-state index contributed by atoms with van der Waals surface area (Å²) in [5, 5.41) is 20.2. The number of nitrogens with zero attached hydrogens (tertiary/aromatic N) is 1. The molecule has 6 nitrogen and oxygen atoms in total. The predicted molar refractivity (Wildman–Crippen MR) is 98.2 cm³/mol. The zero-order chi connectivity index (χ0) is 18.4. The highest BCUT2D eigenvalue weighted by Crippen LogP contribution is 2.26. The molecule has 0 saturated carbocycles. The first-order valence-electron chi connectivity index (χ1n) is 8.19. The van der Waals surface area contributed by atoms with Gasteiger partial charge in [-0.1, -0.05) is 18.2 Å². The molecule has 0 radical (unpaired) electrons. The number of pyridine rings is 1. The summed E-state index contributed by atoms with van der Waals surface area (Å²) in [6.07, 6.45) is 1.11. The Bertz CT molecular complexity index is 773. The molecule has 0 atom stereocenters. The van der Waals surface area contributed by atoms with Gasteiger partial charge in [-0.05, 0) is 38.5 Å². The quantitative estimate of drug-likeness (QED) is 0.531. The molecule has 0 aliphatic carbocycles. The van der Waals surface area contributed by atoms with Crippen LogP contribution in [0.15, 0.2) is 30.3 Å². The number of hydrogen-bond acceptors (Lipinski definition) is 6. The molecule has 6 heteroatoms. The monoisotopic (exact) mass is 341 g/mol. The number of aliphatic hydroxyl groups excluding tert-OH is 1. The van der Waals surface area contributed by atoms with Crippen LogP contribution in [0.4, 0.5) is 5.82 Å². The lowest BCUT2D eigenvalue weighted by atomic mass is 10.0. The van der Waals surface area contributed by atoms with Gasteiger partial charge in [0.05, 0.1) is 24.5 Å². The van der Waals surface area contributed by atoms with Gasteiger partial charge in [0.25, 0.3) is 0 Å². The lowest BCUT2D eigenvalue weighted by Crippen LogP contribution is -2.17. The number of carbonyl (C=O) groups is 1. The summed E-state index contributed by atoms with van der Waals surface area (Å²) in [6, 6.07) is 9.03. The van der Waals surface area contributed by atoms with Crippen molar-refractivity contribution in [2.24, 2.45) is 0 Å². The van der Waals surface area contributed by atoms with E-state index in [9.17, 15) is 9.90 Å². The zero-order valence-electron chi connectivity index (χ0n) is 14.7. The lowest BCUT2D eigenvalue weighted by Gasteiger charge is -2.16. The Kier molecular flexibility index (Phi) is 6.25. The minimum absolute atomic E-state index is 0.0751. The Morgan fingerprint density at radius 1 is 1.40 bits per heavy atom. The molecule has 0 fully saturated rings. The van der Waals surface area contributed by atoms with E-state index in [-0.39, 0.29) is 19.3 Å². The van der Waals surface area contributed by atoms with Crippen LogP contribution in [0.2, 0.25) is 0 Å². The zero-order valence-corrected chi connectivity index (χ0v) is 14.7. The topological polar surface area (TPSA) is 95.3 Å². The smallest absolute Gasteiger partial charge is 0.339 e. The summed E-state index contributed by atoms with van der Waals surface area (Å²) in [5.74, 6) is -0.0327. The van der Waals surface area contributed by atoms with Crippen LogP contribution in [0, 0.1) is 5.41 Å². The highest BCUT2D eigenvalue weighted by atomic mass is 16.5. The maximum Gasteiger partial charge on any atom is 0.339 e. The van der Waals surface area contributed by atoms with E-state index in [0.29, 0.717) is 22.6 Å². The van der Waals surface area contributed by atoms with Gasteiger partial charge in [0.15, 0.2) is 0 Å². The Morgan fingerprint density at radius 3 is 2.76 bits per heavy atom. The van der Waals surface area contributed by atoms with Gasteiger partial charge in [0.2, 0.25) is 0 Å². The van der Waals surface area contributed by atoms with Gasteiger partial charge in [0, 0.05) is 23.4 Å². The fourth-order valence-corrected chi connectivity index (χ4v) is 2.44. The van der Waals surface area contributed by atoms with Crippen molar-refractivity contribution in [1.82, 2.24) is 4.98 Å². The van der Waals surface area contributed by atoms with E-state index in [2.05, 4.69) is 10.3 Å². The normalized spacial score (nSPS) is 10.6. The van der Waals surface area contributed by atoms with E-state index in [1.54, 1.807) is 13.0 Å². The molecule has 0 amide bonds. The minimum Gasteiger partial charge on any atom is -0.462 e. The van der Waals surface area contributed by atoms with Crippen molar-refractivity contribution in [1.29, 1.82) is 5.41 Å². The van der Waals surface area contributed by atoms with E-state index in [1.807, 2.05) is 38.1 Å². The van der Waals surface area contributed by atoms with Gasteiger partial charge in [-0.2, -0.15) is 0 Å². The number of anilines is 1. The van der Waals surface area contributed by atoms with Gasteiger partial charge in [-0.15, -0.1) is 0 Å². The minimum atomic E-state index is -0.491. The van der Waals surface area contributed by atoms with Crippen LogP contribution in [0.5, 0.6) is 0 Å². The molecule has 1 aromatic heterocycles. The molecule has 1 heterocycles. The van der Waals surface area contributed by atoms with Crippen LogP contribution in [-0.2, 0) is 11.3 Å².